The van der Waals surface area contributed by atoms with E-state index in [1.54, 1.807) is 0 Å². The van der Waals surface area contributed by atoms with Gasteiger partial charge in [-0.05, 0) is 19.1 Å². The van der Waals surface area contributed by atoms with E-state index in [9.17, 15) is 4.79 Å². The third-order valence-electron chi connectivity index (χ3n) is 3.91. The summed E-state index contributed by atoms with van der Waals surface area (Å²) in [6, 6.07) is 7.81. The van der Waals surface area contributed by atoms with E-state index in [-0.39, 0.29) is 11.9 Å². The van der Waals surface area contributed by atoms with Crippen molar-refractivity contribution in [2.75, 3.05) is 32.8 Å². The van der Waals surface area contributed by atoms with Crippen LogP contribution in [0.5, 0.6) is 0 Å². The van der Waals surface area contributed by atoms with Gasteiger partial charge in [-0.2, -0.15) is 0 Å². The van der Waals surface area contributed by atoms with E-state index < -0.39 is 0 Å². The summed E-state index contributed by atoms with van der Waals surface area (Å²) in [6.07, 6.45) is 1.52. The molecule has 1 atom stereocenters. The van der Waals surface area contributed by atoms with Crippen LogP contribution in [0.1, 0.15) is 17.4 Å². The van der Waals surface area contributed by atoms with E-state index in [4.69, 9.17) is 4.74 Å². The Morgan fingerprint density at radius 2 is 2.05 bits per heavy atom. The lowest BCUT2D eigenvalue weighted by molar-refractivity contribution is 0.0204. The molecule has 1 aromatic carbocycles. The highest BCUT2D eigenvalue weighted by Gasteiger charge is 2.18. The molecule has 1 N–H and O–H groups in total. The zero-order valence-electron chi connectivity index (χ0n) is 12.7. The van der Waals surface area contributed by atoms with Gasteiger partial charge in [0.05, 0.1) is 30.4 Å². The first-order valence-electron chi connectivity index (χ1n) is 7.56. The lowest BCUT2D eigenvalue weighted by Crippen LogP contribution is -2.47. The molecule has 1 amide bonds. The normalized spacial score (nSPS) is 17.3. The largest absolute Gasteiger partial charge is 0.379 e. The number of nitrogens with one attached hydrogen (secondary N) is 1. The molecule has 2 aromatic rings. The van der Waals surface area contributed by atoms with Crippen LogP contribution in [0, 0.1) is 0 Å². The van der Waals surface area contributed by atoms with Crippen molar-refractivity contribution >= 4 is 16.9 Å². The van der Waals surface area contributed by atoms with Crippen molar-refractivity contribution in [2.24, 2.45) is 0 Å². The van der Waals surface area contributed by atoms with Gasteiger partial charge in [-0.15, -0.1) is 0 Å². The molecule has 2 heterocycles. The summed E-state index contributed by atoms with van der Waals surface area (Å²) in [5.74, 6) is -0.182. The highest BCUT2D eigenvalue weighted by molar-refractivity contribution is 5.93. The quantitative estimate of drug-likeness (QED) is 0.915. The van der Waals surface area contributed by atoms with Crippen LogP contribution in [0.25, 0.3) is 11.0 Å². The second-order valence-electron chi connectivity index (χ2n) is 5.45. The number of rotatable bonds is 4. The third kappa shape index (κ3) is 3.40. The number of hydrogen-bond donors (Lipinski definition) is 1. The van der Waals surface area contributed by atoms with Crippen LogP contribution < -0.4 is 5.32 Å². The molecule has 6 nitrogen and oxygen atoms in total. The number of benzene rings is 1. The van der Waals surface area contributed by atoms with Crippen molar-refractivity contribution in [2.45, 2.75) is 13.0 Å². The molecule has 6 heteroatoms. The van der Waals surface area contributed by atoms with E-state index in [0.29, 0.717) is 12.2 Å². The van der Waals surface area contributed by atoms with Crippen molar-refractivity contribution in [1.82, 2.24) is 20.2 Å². The van der Waals surface area contributed by atoms with Crippen molar-refractivity contribution < 1.29 is 9.53 Å². The van der Waals surface area contributed by atoms with E-state index in [1.165, 1.54) is 6.20 Å². The van der Waals surface area contributed by atoms with Crippen molar-refractivity contribution in [1.29, 1.82) is 0 Å². The molecule has 0 radical (unpaired) electrons. The number of fused-ring (bicyclic) bond motifs is 1. The first kappa shape index (κ1) is 14.9. The molecular formula is C16H20N4O2. The SMILES string of the molecule is C[C@H](CNC(=O)c1cnc2ccccc2n1)N1CCOCC1. The fraction of sp³-hybridized carbons (Fsp3) is 0.438. The molecule has 1 aromatic heterocycles. The molecule has 22 heavy (non-hydrogen) atoms. The number of aromatic nitrogens is 2. The van der Waals surface area contributed by atoms with Gasteiger partial charge in [0.15, 0.2) is 0 Å². The van der Waals surface area contributed by atoms with Gasteiger partial charge in [-0.25, -0.2) is 4.98 Å². The molecule has 1 aliphatic heterocycles. The van der Waals surface area contributed by atoms with Gasteiger partial charge in [-0.3, -0.25) is 14.7 Å². The van der Waals surface area contributed by atoms with Crippen LogP contribution in [-0.4, -0.2) is 59.7 Å². The van der Waals surface area contributed by atoms with Gasteiger partial charge in [0.1, 0.15) is 5.69 Å². The zero-order valence-corrected chi connectivity index (χ0v) is 12.7. The summed E-state index contributed by atoms with van der Waals surface area (Å²) in [4.78, 5) is 23.2. The minimum atomic E-state index is -0.182. The number of nitrogens with zero attached hydrogens (tertiary/aromatic N) is 3. The predicted molar refractivity (Wildman–Crippen MR) is 83.7 cm³/mol. The van der Waals surface area contributed by atoms with Crippen molar-refractivity contribution in [3.63, 3.8) is 0 Å². The van der Waals surface area contributed by atoms with Gasteiger partial charge in [-0.1, -0.05) is 12.1 Å². The third-order valence-corrected chi connectivity index (χ3v) is 3.91. The highest BCUT2D eigenvalue weighted by Crippen LogP contribution is 2.08. The summed E-state index contributed by atoms with van der Waals surface area (Å²) < 4.78 is 5.34. The fourth-order valence-corrected chi connectivity index (χ4v) is 2.54. The number of hydrogen-bond acceptors (Lipinski definition) is 5. The van der Waals surface area contributed by atoms with Gasteiger partial charge in [0.25, 0.3) is 5.91 Å². The van der Waals surface area contributed by atoms with Gasteiger partial charge >= 0.3 is 0 Å². The Bertz CT molecular complexity index is 655. The lowest BCUT2D eigenvalue weighted by Gasteiger charge is -2.32. The van der Waals surface area contributed by atoms with Crippen LogP contribution in [0.3, 0.4) is 0 Å². The lowest BCUT2D eigenvalue weighted by atomic mass is 10.2. The average Bonchev–Trinajstić information content (AvgIpc) is 2.59. The van der Waals surface area contributed by atoms with E-state index >= 15 is 0 Å². The molecule has 0 unspecified atom stereocenters. The van der Waals surface area contributed by atoms with Gasteiger partial charge in [0.2, 0.25) is 0 Å². The monoisotopic (exact) mass is 300 g/mol. The van der Waals surface area contributed by atoms with Crippen LogP contribution in [0.4, 0.5) is 0 Å². The molecule has 3 rings (SSSR count). The summed E-state index contributed by atoms with van der Waals surface area (Å²) in [5.41, 5.74) is 1.88. The molecule has 0 bridgehead atoms. The minimum Gasteiger partial charge on any atom is -0.379 e. The molecule has 1 saturated heterocycles. The van der Waals surface area contributed by atoms with Crippen LogP contribution in [0.15, 0.2) is 30.5 Å². The Kier molecular flexibility index (Phi) is 4.60. The topological polar surface area (TPSA) is 67.4 Å². The number of amides is 1. The zero-order chi connectivity index (χ0) is 15.4. The maximum atomic E-state index is 12.2. The highest BCUT2D eigenvalue weighted by atomic mass is 16.5. The molecule has 0 spiro atoms. The van der Waals surface area contributed by atoms with E-state index in [2.05, 4.69) is 27.1 Å². The summed E-state index contributed by atoms with van der Waals surface area (Å²) in [6.45, 7) is 6.04. The standard InChI is InChI=1S/C16H20N4O2/c1-12(20-6-8-22-9-7-20)10-18-16(21)15-11-17-13-4-2-3-5-14(13)19-15/h2-5,11-12H,6-10H2,1H3,(H,18,21)/t12-/m1/s1. The maximum Gasteiger partial charge on any atom is 0.271 e. The molecule has 0 saturated carbocycles. The minimum absolute atomic E-state index is 0.182. The predicted octanol–water partition coefficient (Wildman–Crippen LogP) is 1.08. The van der Waals surface area contributed by atoms with Crippen molar-refractivity contribution in [3.8, 4) is 0 Å². The Morgan fingerprint density at radius 1 is 1.32 bits per heavy atom. The second-order valence-corrected chi connectivity index (χ2v) is 5.45. The first-order valence-corrected chi connectivity index (χ1v) is 7.56. The van der Waals surface area contributed by atoms with E-state index in [0.717, 1.165) is 37.3 Å². The van der Waals surface area contributed by atoms with Gasteiger partial charge in [0, 0.05) is 25.7 Å². The number of carbonyl (C=O) groups excluding carboxylic acids is 1. The maximum absolute atomic E-state index is 12.2. The van der Waals surface area contributed by atoms with E-state index in [1.807, 2.05) is 24.3 Å². The summed E-state index contributed by atoms with van der Waals surface area (Å²) >= 11 is 0. The van der Waals surface area contributed by atoms with Gasteiger partial charge < -0.3 is 10.1 Å². The molecule has 0 aliphatic carbocycles. The Morgan fingerprint density at radius 3 is 2.82 bits per heavy atom. The number of para-hydroxylation sites is 2. The molecule has 116 valence electrons. The first-order chi connectivity index (χ1) is 10.7. The van der Waals surface area contributed by atoms with Crippen LogP contribution >= 0.6 is 0 Å². The fourth-order valence-electron chi connectivity index (χ4n) is 2.54. The Balaban J connectivity index is 1.60. The Hall–Kier alpha value is -2.05. The van der Waals surface area contributed by atoms with Crippen LogP contribution in [0.2, 0.25) is 0 Å². The molecule has 1 fully saturated rings. The summed E-state index contributed by atoms with van der Waals surface area (Å²) in [7, 11) is 0. The molecule has 1 aliphatic rings. The number of morpholine rings is 1. The second kappa shape index (κ2) is 6.81. The molecular weight excluding hydrogens is 280 g/mol. The average molecular weight is 300 g/mol. The van der Waals surface area contributed by atoms with Crippen LogP contribution in [-0.2, 0) is 4.74 Å². The number of ether oxygens (including phenoxy) is 1. The summed E-state index contributed by atoms with van der Waals surface area (Å²) in [5, 5.41) is 2.94. The van der Waals surface area contributed by atoms with Crippen molar-refractivity contribution in [3.05, 3.63) is 36.2 Å². The smallest absolute Gasteiger partial charge is 0.271 e. The Labute approximate surface area is 129 Å². The number of carbonyl (C=O) groups is 1.